The molecule has 0 bridgehead atoms. The number of hydrogen-bond donors (Lipinski definition) is 0. The van der Waals surface area contributed by atoms with Gasteiger partial charge in [0.25, 0.3) is 5.69 Å². The van der Waals surface area contributed by atoms with Crippen molar-refractivity contribution >= 4 is 17.6 Å². The minimum absolute atomic E-state index is 0.0999. The van der Waals surface area contributed by atoms with E-state index in [0.717, 1.165) is 6.42 Å². The molecule has 7 heteroatoms. The molecule has 0 aromatic heterocycles. The summed E-state index contributed by atoms with van der Waals surface area (Å²) in [5, 5.41) is 10.7. The molecule has 3 rings (SSSR count). The van der Waals surface area contributed by atoms with Crippen LogP contribution in [0.15, 0.2) is 54.6 Å². The molecule has 0 saturated heterocycles. The van der Waals surface area contributed by atoms with Crippen molar-refractivity contribution in [2.24, 2.45) is 0 Å². The molecule has 26 heavy (non-hydrogen) atoms. The molecule has 0 aliphatic heterocycles. The molecule has 0 radical (unpaired) electrons. The summed E-state index contributed by atoms with van der Waals surface area (Å²) >= 11 is 0. The highest BCUT2D eigenvalue weighted by molar-refractivity contribution is 5.90. The fourth-order valence-corrected chi connectivity index (χ4v) is 2.87. The van der Waals surface area contributed by atoms with Crippen molar-refractivity contribution in [2.75, 3.05) is 0 Å². The molecule has 1 saturated carbocycles. The van der Waals surface area contributed by atoms with E-state index in [0.29, 0.717) is 18.4 Å². The highest BCUT2D eigenvalue weighted by atomic mass is 16.6. The van der Waals surface area contributed by atoms with Crippen molar-refractivity contribution in [1.82, 2.24) is 0 Å². The minimum Gasteiger partial charge on any atom is -0.455 e. The number of esters is 2. The zero-order chi connectivity index (χ0) is 18.5. The summed E-state index contributed by atoms with van der Waals surface area (Å²) in [7, 11) is 0. The summed E-state index contributed by atoms with van der Waals surface area (Å²) in [6.07, 6.45) is 0.989. The van der Waals surface area contributed by atoms with Gasteiger partial charge in [0, 0.05) is 12.1 Å². The van der Waals surface area contributed by atoms with E-state index in [1.54, 1.807) is 30.3 Å². The van der Waals surface area contributed by atoms with Gasteiger partial charge in [0.1, 0.15) is 12.2 Å². The Kier molecular flexibility index (Phi) is 5.26. The lowest BCUT2D eigenvalue weighted by atomic mass is 10.2. The fourth-order valence-electron chi connectivity index (χ4n) is 2.87. The molecule has 2 atom stereocenters. The molecular weight excluding hydrogens is 338 g/mol. The van der Waals surface area contributed by atoms with E-state index in [9.17, 15) is 19.7 Å². The third-order valence-electron chi connectivity index (χ3n) is 4.23. The van der Waals surface area contributed by atoms with Crippen LogP contribution in [0.1, 0.15) is 40.0 Å². The topological polar surface area (TPSA) is 95.7 Å². The normalized spacial score (nSPS) is 18.9. The molecule has 1 aliphatic carbocycles. The zero-order valence-corrected chi connectivity index (χ0v) is 13.9. The Hall–Kier alpha value is -3.22. The fraction of sp³-hybridized carbons (Fsp3) is 0.263. The number of carbonyl (C=O) groups is 2. The van der Waals surface area contributed by atoms with Crippen molar-refractivity contribution < 1.29 is 24.0 Å². The van der Waals surface area contributed by atoms with E-state index in [1.807, 2.05) is 0 Å². The van der Waals surface area contributed by atoms with Crippen molar-refractivity contribution in [2.45, 2.75) is 31.5 Å². The number of carbonyl (C=O) groups excluding carboxylic acids is 2. The van der Waals surface area contributed by atoms with E-state index in [1.165, 1.54) is 24.3 Å². The third-order valence-corrected chi connectivity index (χ3v) is 4.23. The highest BCUT2D eigenvalue weighted by Crippen LogP contribution is 2.27. The second kappa shape index (κ2) is 7.77. The van der Waals surface area contributed by atoms with Crippen molar-refractivity contribution in [1.29, 1.82) is 0 Å². The predicted octanol–water partition coefficient (Wildman–Crippen LogP) is 3.53. The van der Waals surface area contributed by atoms with Gasteiger partial charge in [0.15, 0.2) is 0 Å². The highest BCUT2D eigenvalue weighted by Gasteiger charge is 2.34. The first-order chi connectivity index (χ1) is 12.5. The van der Waals surface area contributed by atoms with Crippen LogP contribution in [0.5, 0.6) is 0 Å². The Labute approximate surface area is 149 Å². The van der Waals surface area contributed by atoms with Crippen molar-refractivity contribution in [3.05, 3.63) is 75.8 Å². The SMILES string of the molecule is O=C(O[C@H]1CCC[C@@H]1OC(=O)c1ccc([N+](=O)[O-])cc1)c1ccccc1. The molecule has 134 valence electrons. The van der Waals surface area contributed by atoms with Crippen molar-refractivity contribution in [3.8, 4) is 0 Å². The smallest absolute Gasteiger partial charge is 0.338 e. The van der Waals surface area contributed by atoms with Gasteiger partial charge in [-0.1, -0.05) is 18.2 Å². The molecule has 0 heterocycles. The van der Waals surface area contributed by atoms with Gasteiger partial charge in [-0.25, -0.2) is 9.59 Å². The maximum Gasteiger partial charge on any atom is 0.338 e. The summed E-state index contributed by atoms with van der Waals surface area (Å²) in [6.45, 7) is 0. The van der Waals surface area contributed by atoms with Crippen LogP contribution in [0.4, 0.5) is 5.69 Å². The van der Waals surface area contributed by atoms with E-state index in [4.69, 9.17) is 9.47 Å². The van der Waals surface area contributed by atoms with Crippen LogP contribution < -0.4 is 0 Å². The maximum absolute atomic E-state index is 12.3. The molecule has 1 fully saturated rings. The number of nitro groups is 1. The molecule has 0 amide bonds. The van der Waals surface area contributed by atoms with Crippen molar-refractivity contribution in [3.63, 3.8) is 0 Å². The minimum atomic E-state index is -0.590. The number of nitrogens with zero attached hydrogens (tertiary/aromatic N) is 1. The molecule has 2 aromatic carbocycles. The van der Waals surface area contributed by atoms with Gasteiger partial charge in [0.2, 0.25) is 0 Å². The Morgan fingerprint density at radius 2 is 1.35 bits per heavy atom. The van der Waals surface area contributed by atoms with Crippen LogP contribution in [-0.4, -0.2) is 29.1 Å². The zero-order valence-electron chi connectivity index (χ0n) is 13.9. The van der Waals surface area contributed by atoms with Crippen LogP contribution in [0.3, 0.4) is 0 Å². The Bertz CT molecular complexity index is 803. The first-order valence-corrected chi connectivity index (χ1v) is 8.26. The Morgan fingerprint density at radius 1 is 0.846 bits per heavy atom. The van der Waals surface area contributed by atoms with E-state index in [-0.39, 0.29) is 11.3 Å². The van der Waals surface area contributed by atoms with Crippen LogP contribution >= 0.6 is 0 Å². The van der Waals surface area contributed by atoms with E-state index in [2.05, 4.69) is 0 Å². The lowest BCUT2D eigenvalue weighted by molar-refractivity contribution is -0.384. The van der Waals surface area contributed by atoms with Gasteiger partial charge in [-0.05, 0) is 43.5 Å². The lowest BCUT2D eigenvalue weighted by Crippen LogP contribution is -2.30. The molecule has 1 aliphatic rings. The summed E-state index contributed by atoms with van der Waals surface area (Å²) in [5.74, 6) is -1.04. The summed E-state index contributed by atoms with van der Waals surface area (Å²) < 4.78 is 11.0. The number of hydrogen-bond acceptors (Lipinski definition) is 6. The quantitative estimate of drug-likeness (QED) is 0.462. The van der Waals surface area contributed by atoms with Crippen LogP contribution in [0.25, 0.3) is 0 Å². The standard InChI is InChI=1S/C19H17NO6/c21-18(13-5-2-1-3-6-13)25-16-7-4-8-17(16)26-19(22)14-9-11-15(12-10-14)20(23)24/h1-3,5-6,9-12,16-17H,4,7-8H2/t16-,17-/m0/s1. The number of ether oxygens (including phenoxy) is 2. The molecule has 7 nitrogen and oxygen atoms in total. The average Bonchev–Trinajstić information content (AvgIpc) is 3.09. The van der Waals surface area contributed by atoms with Gasteiger partial charge in [-0.15, -0.1) is 0 Å². The van der Waals surface area contributed by atoms with Gasteiger partial charge in [-0.2, -0.15) is 0 Å². The molecule has 2 aromatic rings. The first kappa shape index (κ1) is 17.6. The summed E-state index contributed by atoms with van der Waals surface area (Å²) in [6, 6.07) is 13.8. The number of rotatable bonds is 5. The second-order valence-electron chi connectivity index (χ2n) is 5.99. The summed E-state index contributed by atoms with van der Waals surface area (Å²) in [4.78, 5) is 34.6. The van der Waals surface area contributed by atoms with Gasteiger partial charge >= 0.3 is 11.9 Å². The predicted molar refractivity (Wildman–Crippen MR) is 91.8 cm³/mol. The number of nitro benzene ring substituents is 1. The molecule has 0 N–H and O–H groups in total. The summed E-state index contributed by atoms with van der Waals surface area (Å²) in [5.41, 5.74) is 0.563. The van der Waals surface area contributed by atoms with Gasteiger partial charge < -0.3 is 9.47 Å². The number of non-ortho nitro benzene ring substituents is 1. The largest absolute Gasteiger partial charge is 0.455 e. The third kappa shape index (κ3) is 4.05. The second-order valence-corrected chi connectivity index (χ2v) is 5.99. The maximum atomic E-state index is 12.3. The van der Waals surface area contributed by atoms with Crippen LogP contribution in [0.2, 0.25) is 0 Å². The van der Waals surface area contributed by atoms with Gasteiger partial charge in [0.05, 0.1) is 16.1 Å². The lowest BCUT2D eigenvalue weighted by Gasteiger charge is -2.20. The molecule has 0 unspecified atom stereocenters. The van der Waals surface area contributed by atoms with Crippen LogP contribution in [0, 0.1) is 10.1 Å². The van der Waals surface area contributed by atoms with Crippen LogP contribution in [-0.2, 0) is 9.47 Å². The number of benzene rings is 2. The molecular formula is C19H17NO6. The molecule has 0 spiro atoms. The van der Waals surface area contributed by atoms with E-state index < -0.39 is 29.1 Å². The average molecular weight is 355 g/mol. The monoisotopic (exact) mass is 355 g/mol. The Morgan fingerprint density at radius 3 is 1.85 bits per heavy atom. The Balaban J connectivity index is 1.62. The van der Waals surface area contributed by atoms with E-state index >= 15 is 0 Å². The first-order valence-electron chi connectivity index (χ1n) is 8.26. The van der Waals surface area contributed by atoms with Gasteiger partial charge in [-0.3, -0.25) is 10.1 Å².